The van der Waals surface area contributed by atoms with E-state index in [1.165, 1.54) is 6.42 Å². The van der Waals surface area contributed by atoms with Crippen molar-refractivity contribution in [3.63, 3.8) is 0 Å². The molecule has 0 aliphatic heterocycles. The van der Waals surface area contributed by atoms with Crippen LogP contribution >= 0.6 is 0 Å². The van der Waals surface area contributed by atoms with E-state index in [0.717, 1.165) is 25.8 Å². The highest BCUT2D eigenvalue weighted by molar-refractivity contribution is 5.78. The summed E-state index contributed by atoms with van der Waals surface area (Å²) in [6.07, 6.45) is 4.37. The number of carbonyl (C=O) groups excluding carboxylic acids is 1. The SMILES string of the molecule is CC.CNC(=O)C1CCCC(CN)C1. The van der Waals surface area contributed by atoms with Crippen molar-refractivity contribution in [3.8, 4) is 0 Å². The monoisotopic (exact) mass is 200 g/mol. The summed E-state index contributed by atoms with van der Waals surface area (Å²) in [6, 6.07) is 0. The number of amides is 1. The van der Waals surface area contributed by atoms with Gasteiger partial charge in [-0.25, -0.2) is 0 Å². The summed E-state index contributed by atoms with van der Waals surface area (Å²) in [5.74, 6) is 0.978. The van der Waals surface area contributed by atoms with E-state index in [0.29, 0.717) is 5.92 Å². The largest absolute Gasteiger partial charge is 0.359 e. The van der Waals surface area contributed by atoms with E-state index in [4.69, 9.17) is 5.73 Å². The maximum atomic E-state index is 11.3. The number of hydrogen-bond donors (Lipinski definition) is 2. The third-order valence-corrected chi connectivity index (χ3v) is 2.73. The highest BCUT2D eigenvalue weighted by Crippen LogP contribution is 2.28. The van der Waals surface area contributed by atoms with Crippen LogP contribution in [-0.2, 0) is 4.79 Å². The lowest BCUT2D eigenvalue weighted by atomic mass is 9.81. The predicted molar refractivity (Wildman–Crippen MR) is 59.9 cm³/mol. The third-order valence-electron chi connectivity index (χ3n) is 2.73. The summed E-state index contributed by atoms with van der Waals surface area (Å²) in [5, 5.41) is 2.70. The van der Waals surface area contributed by atoms with Crippen molar-refractivity contribution in [2.45, 2.75) is 39.5 Å². The van der Waals surface area contributed by atoms with Gasteiger partial charge in [0.1, 0.15) is 0 Å². The van der Waals surface area contributed by atoms with Crippen molar-refractivity contribution in [3.05, 3.63) is 0 Å². The molecule has 0 aromatic rings. The third kappa shape index (κ3) is 4.09. The smallest absolute Gasteiger partial charge is 0.222 e. The van der Waals surface area contributed by atoms with Gasteiger partial charge in [-0.2, -0.15) is 0 Å². The van der Waals surface area contributed by atoms with E-state index >= 15 is 0 Å². The van der Waals surface area contributed by atoms with Crippen LogP contribution in [0, 0.1) is 11.8 Å². The normalized spacial score (nSPS) is 26.0. The van der Waals surface area contributed by atoms with E-state index in [1.807, 2.05) is 13.8 Å². The fraction of sp³-hybridized carbons (Fsp3) is 0.909. The number of nitrogens with two attached hydrogens (primary N) is 1. The Morgan fingerprint density at radius 3 is 2.57 bits per heavy atom. The van der Waals surface area contributed by atoms with Gasteiger partial charge in [0.25, 0.3) is 0 Å². The molecular weight excluding hydrogens is 176 g/mol. The van der Waals surface area contributed by atoms with Crippen LogP contribution in [-0.4, -0.2) is 19.5 Å². The minimum atomic E-state index is 0.188. The Morgan fingerprint density at radius 2 is 2.07 bits per heavy atom. The van der Waals surface area contributed by atoms with Crippen LogP contribution in [0.5, 0.6) is 0 Å². The van der Waals surface area contributed by atoms with Gasteiger partial charge in [0.15, 0.2) is 0 Å². The molecular formula is C11H24N2O. The number of nitrogens with one attached hydrogen (secondary N) is 1. The molecule has 0 heterocycles. The van der Waals surface area contributed by atoms with Crippen LogP contribution in [0.1, 0.15) is 39.5 Å². The van der Waals surface area contributed by atoms with Crippen molar-refractivity contribution in [1.82, 2.24) is 5.32 Å². The molecule has 0 spiro atoms. The van der Waals surface area contributed by atoms with E-state index in [9.17, 15) is 4.79 Å². The summed E-state index contributed by atoms with van der Waals surface area (Å²) in [6.45, 7) is 4.73. The Morgan fingerprint density at radius 1 is 1.43 bits per heavy atom. The summed E-state index contributed by atoms with van der Waals surface area (Å²) >= 11 is 0. The average Bonchev–Trinajstić information content (AvgIpc) is 2.30. The fourth-order valence-corrected chi connectivity index (χ4v) is 1.95. The summed E-state index contributed by atoms with van der Waals surface area (Å²) < 4.78 is 0. The molecule has 1 saturated carbocycles. The van der Waals surface area contributed by atoms with Crippen molar-refractivity contribution in [2.75, 3.05) is 13.6 Å². The van der Waals surface area contributed by atoms with Crippen LogP contribution < -0.4 is 11.1 Å². The number of carbonyl (C=O) groups is 1. The van der Waals surface area contributed by atoms with Crippen LogP contribution in [0.3, 0.4) is 0 Å². The predicted octanol–water partition coefficient (Wildman–Crippen LogP) is 1.52. The molecule has 3 heteroatoms. The second-order valence-electron chi connectivity index (χ2n) is 3.58. The van der Waals surface area contributed by atoms with E-state index in [-0.39, 0.29) is 11.8 Å². The van der Waals surface area contributed by atoms with E-state index < -0.39 is 0 Å². The number of rotatable bonds is 2. The molecule has 14 heavy (non-hydrogen) atoms. The topological polar surface area (TPSA) is 55.1 Å². The van der Waals surface area contributed by atoms with Crippen molar-refractivity contribution in [2.24, 2.45) is 17.6 Å². The molecule has 1 fully saturated rings. The molecule has 84 valence electrons. The number of hydrogen-bond acceptors (Lipinski definition) is 2. The van der Waals surface area contributed by atoms with Gasteiger partial charge in [-0.1, -0.05) is 20.3 Å². The average molecular weight is 200 g/mol. The van der Waals surface area contributed by atoms with Gasteiger partial charge in [-0.05, 0) is 31.7 Å². The van der Waals surface area contributed by atoms with Gasteiger partial charge >= 0.3 is 0 Å². The Kier molecular flexibility index (Phi) is 7.48. The van der Waals surface area contributed by atoms with Gasteiger partial charge in [0.2, 0.25) is 5.91 Å². The maximum Gasteiger partial charge on any atom is 0.222 e. The van der Waals surface area contributed by atoms with Gasteiger partial charge in [-0.3, -0.25) is 4.79 Å². The maximum absolute atomic E-state index is 11.3. The van der Waals surface area contributed by atoms with Crippen molar-refractivity contribution >= 4 is 5.91 Å². The molecule has 0 aromatic carbocycles. The highest BCUT2D eigenvalue weighted by Gasteiger charge is 2.25. The Labute approximate surface area is 87.4 Å². The van der Waals surface area contributed by atoms with Crippen LogP contribution in [0.4, 0.5) is 0 Å². The molecule has 0 aromatic heterocycles. The highest BCUT2D eigenvalue weighted by atomic mass is 16.1. The van der Waals surface area contributed by atoms with Gasteiger partial charge in [0.05, 0.1) is 0 Å². The Hall–Kier alpha value is -0.570. The van der Waals surface area contributed by atoms with Crippen LogP contribution in [0.2, 0.25) is 0 Å². The van der Waals surface area contributed by atoms with Crippen molar-refractivity contribution in [1.29, 1.82) is 0 Å². The molecule has 0 bridgehead atoms. The first kappa shape index (κ1) is 13.4. The second-order valence-corrected chi connectivity index (χ2v) is 3.58. The quantitative estimate of drug-likeness (QED) is 0.710. The minimum Gasteiger partial charge on any atom is -0.359 e. The van der Waals surface area contributed by atoms with E-state index in [1.54, 1.807) is 7.05 Å². The summed E-state index contributed by atoms with van der Waals surface area (Å²) in [4.78, 5) is 11.3. The lowest BCUT2D eigenvalue weighted by molar-refractivity contribution is -0.125. The minimum absolute atomic E-state index is 0.188. The Bertz CT molecular complexity index is 159. The first-order valence-corrected chi connectivity index (χ1v) is 5.69. The second kappa shape index (κ2) is 7.80. The zero-order valence-electron chi connectivity index (χ0n) is 9.68. The molecule has 0 radical (unpaired) electrons. The first-order chi connectivity index (χ1) is 6.77. The molecule has 1 amide bonds. The summed E-state index contributed by atoms with van der Waals surface area (Å²) in [7, 11) is 1.70. The first-order valence-electron chi connectivity index (χ1n) is 5.69. The lowest BCUT2D eigenvalue weighted by Crippen LogP contribution is -2.33. The zero-order chi connectivity index (χ0) is 11.0. The zero-order valence-corrected chi connectivity index (χ0v) is 9.68. The van der Waals surface area contributed by atoms with Gasteiger partial charge in [-0.15, -0.1) is 0 Å². The van der Waals surface area contributed by atoms with Crippen LogP contribution in [0.15, 0.2) is 0 Å². The molecule has 2 unspecified atom stereocenters. The fourth-order valence-electron chi connectivity index (χ4n) is 1.95. The van der Waals surface area contributed by atoms with Crippen LogP contribution in [0.25, 0.3) is 0 Å². The summed E-state index contributed by atoms with van der Waals surface area (Å²) in [5.41, 5.74) is 5.58. The standard InChI is InChI=1S/C9H18N2O.C2H6/c1-11-9(12)8-4-2-3-7(5-8)6-10;1-2/h7-8H,2-6,10H2,1H3,(H,11,12);1-2H3. The lowest BCUT2D eigenvalue weighted by Gasteiger charge is -2.26. The van der Waals surface area contributed by atoms with Gasteiger partial charge in [0, 0.05) is 13.0 Å². The molecule has 3 N–H and O–H groups in total. The van der Waals surface area contributed by atoms with Gasteiger partial charge < -0.3 is 11.1 Å². The van der Waals surface area contributed by atoms with E-state index in [2.05, 4.69) is 5.32 Å². The molecule has 0 saturated heterocycles. The molecule has 3 nitrogen and oxygen atoms in total. The van der Waals surface area contributed by atoms with Crippen molar-refractivity contribution < 1.29 is 4.79 Å². The molecule has 1 rings (SSSR count). The molecule has 2 atom stereocenters. The molecule has 1 aliphatic carbocycles. The molecule has 1 aliphatic rings. The Balaban J connectivity index is 0.000000791.